The molecule has 0 heterocycles. The van der Waals surface area contributed by atoms with Gasteiger partial charge in [-0.3, -0.25) is 0 Å². The Morgan fingerprint density at radius 1 is 1.00 bits per heavy atom. The third-order valence-corrected chi connectivity index (χ3v) is 4.71. The predicted molar refractivity (Wildman–Crippen MR) is 61.3 cm³/mol. The van der Waals surface area contributed by atoms with Crippen molar-refractivity contribution >= 4 is 0 Å². The van der Waals surface area contributed by atoms with Crippen LogP contribution in [-0.2, 0) is 0 Å². The van der Waals surface area contributed by atoms with Gasteiger partial charge in [-0.15, -0.1) is 0 Å². The second-order valence-electron chi connectivity index (χ2n) is 5.41. The molecule has 1 heteroatoms. The van der Waals surface area contributed by atoms with Crippen molar-refractivity contribution in [2.75, 3.05) is 7.05 Å². The van der Waals surface area contributed by atoms with E-state index in [0.717, 1.165) is 23.8 Å². The molecule has 2 aliphatic carbocycles. The summed E-state index contributed by atoms with van der Waals surface area (Å²) >= 11 is 0. The van der Waals surface area contributed by atoms with Crippen molar-refractivity contribution in [2.24, 2.45) is 17.8 Å². The predicted octanol–water partition coefficient (Wildman–Crippen LogP) is 3.20. The number of nitrogens with one attached hydrogen (secondary N) is 1. The minimum Gasteiger partial charge on any atom is -0.317 e. The van der Waals surface area contributed by atoms with E-state index in [-0.39, 0.29) is 0 Å². The molecule has 2 saturated carbocycles. The third-order valence-electron chi connectivity index (χ3n) is 4.71. The van der Waals surface area contributed by atoms with Crippen LogP contribution in [0.2, 0.25) is 0 Å². The Balaban J connectivity index is 1.88. The van der Waals surface area contributed by atoms with E-state index < -0.39 is 0 Å². The van der Waals surface area contributed by atoms with Gasteiger partial charge in [-0.1, -0.05) is 19.8 Å². The molecule has 0 aromatic heterocycles. The van der Waals surface area contributed by atoms with Crippen LogP contribution in [-0.4, -0.2) is 13.1 Å². The van der Waals surface area contributed by atoms with Crippen LogP contribution in [0.15, 0.2) is 0 Å². The number of rotatable bonds is 2. The SMILES string of the molecule is CCC1CCC2CC(NC)CCC2C1. The summed E-state index contributed by atoms with van der Waals surface area (Å²) in [5, 5.41) is 3.46. The fourth-order valence-corrected chi connectivity index (χ4v) is 3.62. The van der Waals surface area contributed by atoms with E-state index in [1.54, 1.807) is 0 Å². The second kappa shape index (κ2) is 4.65. The summed E-state index contributed by atoms with van der Waals surface area (Å²) in [5.74, 6) is 3.20. The van der Waals surface area contributed by atoms with Gasteiger partial charge in [0.15, 0.2) is 0 Å². The van der Waals surface area contributed by atoms with E-state index in [0.29, 0.717) is 0 Å². The van der Waals surface area contributed by atoms with Crippen LogP contribution in [0.1, 0.15) is 51.9 Å². The van der Waals surface area contributed by atoms with Crippen LogP contribution in [0.3, 0.4) is 0 Å². The molecule has 0 aromatic carbocycles. The maximum atomic E-state index is 3.46. The lowest BCUT2D eigenvalue weighted by Crippen LogP contribution is -2.38. The number of fused-ring (bicyclic) bond motifs is 1. The van der Waals surface area contributed by atoms with Crippen LogP contribution in [0.4, 0.5) is 0 Å². The second-order valence-corrected chi connectivity index (χ2v) is 5.41. The summed E-state index contributed by atoms with van der Waals surface area (Å²) in [4.78, 5) is 0. The van der Waals surface area contributed by atoms with Crippen LogP contribution in [0.25, 0.3) is 0 Å². The van der Waals surface area contributed by atoms with Crippen LogP contribution in [0, 0.1) is 17.8 Å². The van der Waals surface area contributed by atoms with Crippen molar-refractivity contribution in [3.8, 4) is 0 Å². The minimum absolute atomic E-state index is 0.828. The van der Waals surface area contributed by atoms with Crippen molar-refractivity contribution in [3.05, 3.63) is 0 Å². The van der Waals surface area contributed by atoms with Crippen LogP contribution >= 0.6 is 0 Å². The highest BCUT2D eigenvalue weighted by Gasteiger charge is 2.34. The van der Waals surface area contributed by atoms with Gasteiger partial charge in [0.05, 0.1) is 0 Å². The highest BCUT2D eigenvalue weighted by molar-refractivity contribution is 4.87. The summed E-state index contributed by atoms with van der Waals surface area (Å²) in [6, 6.07) is 0.828. The van der Waals surface area contributed by atoms with E-state index in [1.165, 1.54) is 44.9 Å². The van der Waals surface area contributed by atoms with Gasteiger partial charge >= 0.3 is 0 Å². The molecule has 82 valence electrons. The number of hydrogen-bond donors (Lipinski definition) is 1. The molecule has 14 heavy (non-hydrogen) atoms. The summed E-state index contributed by atoms with van der Waals surface area (Å²) in [6.07, 6.45) is 10.4. The fraction of sp³-hybridized carbons (Fsp3) is 1.00. The van der Waals surface area contributed by atoms with Crippen molar-refractivity contribution in [3.63, 3.8) is 0 Å². The molecular weight excluding hydrogens is 170 g/mol. The Hall–Kier alpha value is -0.0400. The molecule has 2 rings (SSSR count). The molecule has 4 atom stereocenters. The zero-order valence-electron chi connectivity index (χ0n) is 9.76. The minimum atomic E-state index is 0.828. The molecule has 0 amide bonds. The highest BCUT2D eigenvalue weighted by Crippen LogP contribution is 2.43. The summed E-state index contributed by atoms with van der Waals surface area (Å²) in [6.45, 7) is 2.37. The molecule has 0 saturated heterocycles. The molecule has 2 aliphatic rings. The first kappa shape index (κ1) is 10.5. The Morgan fingerprint density at radius 2 is 1.71 bits per heavy atom. The van der Waals surface area contributed by atoms with Crippen molar-refractivity contribution < 1.29 is 0 Å². The summed E-state index contributed by atoms with van der Waals surface area (Å²) < 4.78 is 0. The number of hydrogen-bond acceptors (Lipinski definition) is 1. The molecule has 1 nitrogen and oxygen atoms in total. The highest BCUT2D eigenvalue weighted by atomic mass is 14.9. The Bertz CT molecular complexity index is 158. The first-order valence-electron chi connectivity index (χ1n) is 6.50. The van der Waals surface area contributed by atoms with Crippen molar-refractivity contribution in [1.29, 1.82) is 0 Å². The largest absolute Gasteiger partial charge is 0.317 e. The molecule has 0 aliphatic heterocycles. The smallest absolute Gasteiger partial charge is 0.00669 e. The monoisotopic (exact) mass is 195 g/mol. The van der Waals surface area contributed by atoms with Gasteiger partial charge in [0.25, 0.3) is 0 Å². The summed E-state index contributed by atoms with van der Waals surface area (Å²) in [5.41, 5.74) is 0. The molecule has 0 radical (unpaired) electrons. The quantitative estimate of drug-likeness (QED) is 0.713. The van der Waals surface area contributed by atoms with E-state index in [4.69, 9.17) is 0 Å². The Kier molecular flexibility index (Phi) is 3.48. The lowest BCUT2D eigenvalue weighted by atomic mass is 9.66. The van der Waals surface area contributed by atoms with Crippen LogP contribution in [0.5, 0.6) is 0 Å². The first-order chi connectivity index (χ1) is 6.83. The zero-order valence-corrected chi connectivity index (χ0v) is 9.76. The van der Waals surface area contributed by atoms with Gasteiger partial charge < -0.3 is 5.32 Å². The lowest BCUT2D eigenvalue weighted by Gasteiger charge is -2.42. The van der Waals surface area contributed by atoms with E-state index in [9.17, 15) is 0 Å². The zero-order chi connectivity index (χ0) is 9.97. The van der Waals surface area contributed by atoms with Crippen molar-refractivity contribution in [2.45, 2.75) is 57.9 Å². The maximum absolute atomic E-state index is 3.46. The normalized spacial score (nSPS) is 43.3. The third kappa shape index (κ3) is 2.13. The van der Waals surface area contributed by atoms with Crippen LogP contribution < -0.4 is 5.32 Å². The van der Waals surface area contributed by atoms with Gasteiger partial charge in [-0.25, -0.2) is 0 Å². The molecule has 1 N–H and O–H groups in total. The Morgan fingerprint density at radius 3 is 2.43 bits per heavy atom. The maximum Gasteiger partial charge on any atom is 0.00669 e. The molecule has 4 unspecified atom stereocenters. The Labute approximate surface area is 88.7 Å². The van der Waals surface area contributed by atoms with Gasteiger partial charge in [-0.2, -0.15) is 0 Å². The molecular formula is C13H25N. The topological polar surface area (TPSA) is 12.0 Å². The van der Waals surface area contributed by atoms with E-state index in [2.05, 4.69) is 19.3 Å². The lowest BCUT2D eigenvalue weighted by molar-refractivity contribution is 0.110. The van der Waals surface area contributed by atoms with E-state index >= 15 is 0 Å². The molecule has 2 fully saturated rings. The van der Waals surface area contributed by atoms with Crippen molar-refractivity contribution in [1.82, 2.24) is 5.32 Å². The van der Waals surface area contributed by atoms with Gasteiger partial charge in [0.1, 0.15) is 0 Å². The average Bonchev–Trinajstić information content (AvgIpc) is 2.27. The summed E-state index contributed by atoms with van der Waals surface area (Å²) in [7, 11) is 2.13. The average molecular weight is 195 g/mol. The molecule has 0 aromatic rings. The molecule has 0 spiro atoms. The standard InChI is InChI=1S/C13H25N/c1-3-10-4-5-12-9-13(14-2)7-6-11(12)8-10/h10-14H,3-9H2,1-2H3. The van der Waals surface area contributed by atoms with Gasteiger partial charge in [0, 0.05) is 6.04 Å². The molecule has 0 bridgehead atoms. The van der Waals surface area contributed by atoms with E-state index in [1.807, 2.05) is 0 Å². The fourth-order valence-electron chi connectivity index (χ4n) is 3.62. The first-order valence-corrected chi connectivity index (χ1v) is 6.50. The van der Waals surface area contributed by atoms with Gasteiger partial charge in [0.2, 0.25) is 0 Å². The van der Waals surface area contributed by atoms with Gasteiger partial charge in [-0.05, 0) is 56.9 Å².